The largest absolute Gasteiger partial charge is 0.497 e. The first-order valence-corrected chi connectivity index (χ1v) is 8.75. The number of hydrogen-bond acceptors (Lipinski definition) is 7. The van der Waals surface area contributed by atoms with Gasteiger partial charge in [-0.05, 0) is 24.6 Å². The number of nitrogens with zero attached hydrogens (tertiary/aromatic N) is 2. The first-order chi connectivity index (χ1) is 12.5. The van der Waals surface area contributed by atoms with Gasteiger partial charge in [0, 0.05) is 12.5 Å². The highest BCUT2D eigenvalue weighted by molar-refractivity contribution is 5.80. The summed E-state index contributed by atoms with van der Waals surface area (Å²) < 4.78 is 10.5. The molecule has 1 aromatic carbocycles. The molecule has 1 fully saturated rings. The summed E-state index contributed by atoms with van der Waals surface area (Å²) in [6, 6.07) is 7.20. The highest BCUT2D eigenvalue weighted by Gasteiger charge is 2.35. The second kappa shape index (κ2) is 7.84. The maximum atomic E-state index is 12.8. The number of carbonyl (C=O) groups excluding carboxylic acids is 1. The molecule has 0 radical (unpaired) electrons. The van der Waals surface area contributed by atoms with E-state index in [0.717, 1.165) is 11.3 Å². The van der Waals surface area contributed by atoms with Crippen molar-refractivity contribution in [2.45, 2.75) is 38.8 Å². The van der Waals surface area contributed by atoms with Gasteiger partial charge in [0.1, 0.15) is 11.8 Å². The van der Waals surface area contributed by atoms with E-state index in [-0.39, 0.29) is 29.8 Å². The van der Waals surface area contributed by atoms with Crippen LogP contribution < -0.4 is 20.9 Å². The molecule has 3 unspecified atom stereocenters. The molecule has 26 heavy (non-hydrogen) atoms. The van der Waals surface area contributed by atoms with Gasteiger partial charge in [0.15, 0.2) is 5.82 Å². The number of nitrogens with one attached hydrogen (secondary N) is 3. The van der Waals surface area contributed by atoms with E-state index in [0.29, 0.717) is 18.3 Å². The second-order valence-corrected chi connectivity index (χ2v) is 6.76. The zero-order valence-corrected chi connectivity index (χ0v) is 15.4. The molecule has 0 bridgehead atoms. The third-order valence-electron chi connectivity index (χ3n) is 4.47. The Morgan fingerprint density at radius 3 is 2.88 bits per heavy atom. The summed E-state index contributed by atoms with van der Waals surface area (Å²) in [5.41, 5.74) is 7.23. The SMILES string of the molecule is COc1cccc(C2NNCC2C(=O)NC(C)c2nc(C(C)C)no2)c1. The number of carbonyl (C=O) groups is 1. The molecule has 3 N–H and O–H groups in total. The van der Waals surface area contributed by atoms with Crippen LogP contribution in [0.3, 0.4) is 0 Å². The van der Waals surface area contributed by atoms with Gasteiger partial charge in [0.05, 0.1) is 19.1 Å². The minimum Gasteiger partial charge on any atom is -0.497 e. The van der Waals surface area contributed by atoms with E-state index in [4.69, 9.17) is 9.26 Å². The molecule has 0 saturated carbocycles. The fraction of sp³-hybridized carbons (Fsp3) is 0.500. The summed E-state index contributed by atoms with van der Waals surface area (Å²) in [6.45, 7) is 6.35. The number of methoxy groups -OCH3 is 1. The van der Waals surface area contributed by atoms with E-state index >= 15 is 0 Å². The van der Waals surface area contributed by atoms with Crippen LogP contribution in [0.1, 0.15) is 56.1 Å². The summed E-state index contributed by atoms with van der Waals surface area (Å²) >= 11 is 0. The van der Waals surface area contributed by atoms with Crippen LogP contribution in [0.2, 0.25) is 0 Å². The summed E-state index contributed by atoms with van der Waals surface area (Å²) in [7, 11) is 1.63. The lowest BCUT2D eigenvalue weighted by Crippen LogP contribution is -2.36. The Bertz CT molecular complexity index is 761. The zero-order chi connectivity index (χ0) is 18.7. The summed E-state index contributed by atoms with van der Waals surface area (Å²) in [5, 5.41) is 6.92. The second-order valence-electron chi connectivity index (χ2n) is 6.76. The van der Waals surface area contributed by atoms with Crippen LogP contribution in [0.15, 0.2) is 28.8 Å². The minimum atomic E-state index is -0.353. The molecule has 8 nitrogen and oxygen atoms in total. The molecule has 1 aliphatic rings. The van der Waals surface area contributed by atoms with Gasteiger partial charge in [-0.25, -0.2) is 5.43 Å². The lowest BCUT2D eigenvalue weighted by molar-refractivity contribution is -0.125. The van der Waals surface area contributed by atoms with Crippen LogP contribution in [-0.4, -0.2) is 29.7 Å². The number of amides is 1. The molecule has 2 heterocycles. The van der Waals surface area contributed by atoms with Gasteiger partial charge in [-0.1, -0.05) is 31.1 Å². The van der Waals surface area contributed by atoms with Crippen LogP contribution in [0.25, 0.3) is 0 Å². The van der Waals surface area contributed by atoms with E-state index in [2.05, 4.69) is 26.3 Å². The molecule has 1 aliphatic heterocycles. The Kier molecular flexibility index (Phi) is 5.53. The van der Waals surface area contributed by atoms with Crippen molar-refractivity contribution in [3.63, 3.8) is 0 Å². The fourth-order valence-electron chi connectivity index (χ4n) is 2.93. The van der Waals surface area contributed by atoms with Crippen molar-refractivity contribution in [2.24, 2.45) is 5.92 Å². The lowest BCUT2D eigenvalue weighted by Gasteiger charge is -2.20. The Morgan fingerprint density at radius 2 is 2.19 bits per heavy atom. The van der Waals surface area contributed by atoms with E-state index in [1.54, 1.807) is 7.11 Å². The quantitative estimate of drug-likeness (QED) is 0.723. The van der Waals surface area contributed by atoms with Crippen molar-refractivity contribution in [1.82, 2.24) is 26.3 Å². The van der Waals surface area contributed by atoms with Gasteiger partial charge >= 0.3 is 0 Å². The van der Waals surface area contributed by atoms with Gasteiger partial charge in [-0.15, -0.1) is 0 Å². The highest BCUT2D eigenvalue weighted by atomic mass is 16.5. The van der Waals surface area contributed by atoms with Gasteiger partial charge in [-0.2, -0.15) is 4.98 Å². The van der Waals surface area contributed by atoms with E-state index < -0.39 is 0 Å². The van der Waals surface area contributed by atoms with Crippen molar-refractivity contribution < 1.29 is 14.1 Å². The number of rotatable bonds is 6. The van der Waals surface area contributed by atoms with Gasteiger partial charge in [-0.3, -0.25) is 10.2 Å². The average molecular weight is 359 g/mol. The fourth-order valence-corrected chi connectivity index (χ4v) is 2.93. The van der Waals surface area contributed by atoms with Crippen molar-refractivity contribution in [1.29, 1.82) is 0 Å². The molecule has 1 amide bonds. The normalized spacial score (nSPS) is 21.0. The molecule has 3 atom stereocenters. The number of hydrogen-bond donors (Lipinski definition) is 3. The first-order valence-electron chi connectivity index (χ1n) is 8.75. The minimum absolute atomic E-state index is 0.0767. The highest BCUT2D eigenvalue weighted by Crippen LogP contribution is 2.28. The average Bonchev–Trinajstić information content (AvgIpc) is 3.31. The molecule has 0 aliphatic carbocycles. The number of hydrazine groups is 1. The lowest BCUT2D eigenvalue weighted by atomic mass is 9.94. The van der Waals surface area contributed by atoms with E-state index in [9.17, 15) is 4.79 Å². The van der Waals surface area contributed by atoms with Crippen LogP contribution >= 0.6 is 0 Å². The van der Waals surface area contributed by atoms with Crippen LogP contribution in [0, 0.1) is 5.92 Å². The molecule has 1 aromatic heterocycles. The Labute approximate surface area is 152 Å². The van der Waals surface area contributed by atoms with Crippen molar-refractivity contribution in [3.8, 4) is 5.75 Å². The standard InChI is InChI=1S/C18H25N5O3/c1-10(2)16-21-18(26-23-16)11(3)20-17(24)14-9-19-22-15(14)12-6-5-7-13(8-12)25-4/h5-8,10-11,14-15,19,22H,9H2,1-4H3,(H,20,24). The van der Waals surface area contributed by atoms with Gasteiger partial charge < -0.3 is 14.6 Å². The van der Waals surface area contributed by atoms with E-state index in [1.807, 2.05) is 45.0 Å². The maximum absolute atomic E-state index is 12.8. The molecule has 2 aromatic rings. The maximum Gasteiger partial charge on any atom is 0.248 e. The van der Waals surface area contributed by atoms with Gasteiger partial charge in [0.25, 0.3) is 0 Å². The smallest absolute Gasteiger partial charge is 0.248 e. The van der Waals surface area contributed by atoms with Crippen LogP contribution in [0.5, 0.6) is 5.75 Å². The first kappa shape index (κ1) is 18.3. The van der Waals surface area contributed by atoms with Crippen LogP contribution in [0.4, 0.5) is 0 Å². The summed E-state index contributed by atoms with van der Waals surface area (Å²) in [6.07, 6.45) is 0. The number of benzene rings is 1. The van der Waals surface area contributed by atoms with Crippen molar-refractivity contribution in [2.75, 3.05) is 13.7 Å². The molecular formula is C18H25N5O3. The number of ether oxygens (including phenoxy) is 1. The third kappa shape index (κ3) is 3.86. The van der Waals surface area contributed by atoms with Crippen LogP contribution in [-0.2, 0) is 4.79 Å². The van der Waals surface area contributed by atoms with Crippen molar-refractivity contribution in [3.05, 3.63) is 41.5 Å². The monoisotopic (exact) mass is 359 g/mol. The Hall–Kier alpha value is -2.45. The molecule has 3 rings (SSSR count). The predicted octanol–water partition coefficient (Wildman–Crippen LogP) is 1.84. The molecule has 1 saturated heterocycles. The number of aromatic nitrogens is 2. The summed E-state index contributed by atoms with van der Waals surface area (Å²) in [5.74, 6) is 1.65. The zero-order valence-electron chi connectivity index (χ0n) is 15.4. The Morgan fingerprint density at radius 1 is 1.38 bits per heavy atom. The molecular weight excluding hydrogens is 334 g/mol. The Balaban J connectivity index is 1.69. The van der Waals surface area contributed by atoms with Gasteiger partial charge in [0.2, 0.25) is 11.8 Å². The third-order valence-corrected chi connectivity index (χ3v) is 4.47. The molecule has 8 heteroatoms. The molecule has 0 spiro atoms. The predicted molar refractivity (Wildman–Crippen MR) is 95.3 cm³/mol. The van der Waals surface area contributed by atoms with E-state index in [1.165, 1.54) is 0 Å². The summed E-state index contributed by atoms with van der Waals surface area (Å²) in [4.78, 5) is 17.1. The van der Waals surface area contributed by atoms with Crippen molar-refractivity contribution >= 4 is 5.91 Å². The topological polar surface area (TPSA) is 101 Å². The molecule has 140 valence electrons.